The first kappa shape index (κ1) is 13.9. The number of rotatable bonds is 3. The Bertz CT molecular complexity index is 597. The maximum Gasteiger partial charge on any atom is 0.125 e. The summed E-state index contributed by atoms with van der Waals surface area (Å²) in [4.78, 5) is 1.34. The lowest BCUT2D eigenvalue weighted by atomic mass is 10.0. The highest BCUT2D eigenvalue weighted by Gasteiger charge is 2.19. The van der Waals surface area contributed by atoms with Crippen LogP contribution in [0.4, 0.5) is 4.39 Å². The molecule has 0 bridgehead atoms. The number of nitrogens with one attached hydrogen (secondary N) is 1. The molecule has 0 aromatic heterocycles. The largest absolute Gasteiger partial charge is 0.306 e. The average molecular weight is 308 g/mol. The monoisotopic (exact) mass is 307 g/mol. The van der Waals surface area contributed by atoms with Crippen molar-refractivity contribution in [1.29, 1.82) is 0 Å². The van der Waals surface area contributed by atoms with Crippen LogP contribution in [0, 0.1) is 5.82 Å². The molecule has 0 radical (unpaired) electrons. The van der Waals surface area contributed by atoms with E-state index in [-0.39, 0.29) is 5.82 Å². The number of hydrogen-bond donors (Lipinski definition) is 1. The zero-order valence-electron chi connectivity index (χ0n) is 10.9. The maximum absolute atomic E-state index is 13.3. The number of halogens is 2. The van der Waals surface area contributed by atoms with Gasteiger partial charge in [-0.1, -0.05) is 29.8 Å². The SMILES string of the molecule is Fc1cc(Cl)cc(CNC2CCSc3ccccc32)c1. The molecule has 0 spiro atoms. The molecule has 0 amide bonds. The summed E-state index contributed by atoms with van der Waals surface area (Å²) in [6.07, 6.45) is 1.09. The summed E-state index contributed by atoms with van der Waals surface area (Å²) in [6.45, 7) is 0.626. The van der Waals surface area contributed by atoms with Crippen LogP contribution in [0.2, 0.25) is 5.02 Å². The highest BCUT2D eigenvalue weighted by Crippen LogP contribution is 2.35. The first-order valence-corrected chi connectivity index (χ1v) is 7.99. The van der Waals surface area contributed by atoms with Gasteiger partial charge in [0, 0.05) is 22.5 Å². The molecule has 4 heteroatoms. The van der Waals surface area contributed by atoms with E-state index in [1.165, 1.54) is 22.6 Å². The summed E-state index contributed by atoms with van der Waals surface area (Å²) >= 11 is 7.78. The molecule has 0 saturated carbocycles. The lowest BCUT2D eigenvalue weighted by Crippen LogP contribution is -2.24. The maximum atomic E-state index is 13.3. The van der Waals surface area contributed by atoms with Gasteiger partial charge in [-0.25, -0.2) is 4.39 Å². The van der Waals surface area contributed by atoms with E-state index in [0.717, 1.165) is 17.7 Å². The van der Waals surface area contributed by atoms with Crippen molar-refractivity contribution in [3.63, 3.8) is 0 Å². The molecule has 104 valence electrons. The third-order valence-corrected chi connectivity index (χ3v) is 4.77. The van der Waals surface area contributed by atoms with Crippen molar-refractivity contribution in [3.05, 3.63) is 64.4 Å². The predicted molar refractivity (Wildman–Crippen MR) is 82.8 cm³/mol. The van der Waals surface area contributed by atoms with Crippen LogP contribution >= 0.6 is 23.4 Å². The fourth-order valence-electron chi connectivity index (χ4n) is 2.51. The molecular formula is C16H15ClFNS. The number of hydrogen-bond acceptors (Lipinski definition) is 2. The van der Waals surface area contributed by atoms with Crippen LogP contribution in [0.1, 0.15) is 23.6 Å². The van der Waals surface area contributed by atoms with Crippen molar-refractivity contribution in [1.82, 2.24) is 5.32 Å². The Kier molecular flexibility index (Phi) is 4.29. The molecule has 0 fully saturated rings. The minimum absolute atomic E-state index is 0.283. The molecule has 2 aromatic carbocycles. The summed E-state index contributed by atoms with van der Waals surface area (Å²) in [7, 11) is 0. The molecule has 1 nitrogen and oxygen atoms in total. The first-order chi connectivity index (χ1) is 9.72. The van der Waals surface area contributed by atoms with Crippen molar-refractivity contribution in [2.75, 3.05) is 5.75 Å². The standard InChI is InChI=1S/C16H15ClFNS/c17-12-7-11(8-13(18)9-12)10-19-15-5-6-20-16-4-2-1-3-14(15)16/h1-4,7-9,15,19H,5-6,10H2. The molecular weight excluding hydrogens is 293 g/mol. The van der Waals surface area contributed by atoms with E-state index in [9.17, 15) is 4.39 Å². The minimum atomic E-state index is -0.283. The second-order valence-corrected chi connectivity index (χ2v) is 6.46. The molecule has 20 heavy (non-hydrogen) atoms. The van der Waals surface area contributed by atoms with Gasteiger partial charge >= 0.3 is 0 Å². The van der Waals surface area contributed by atoms with Crippen LogP contribution in [-0.4, -0.2) is 5.75 Å². The van der Waals surface area contributed by atoms with Crippen molar-refractivity contribution in [2.45, 2.75) is 23.9 Å². The summed E-state index contributed by atoms with van der Waals surface area (Å²) in [5, 5.41) is 3.96. The Labute approximate surface area is 127 Å². The second kappa shape index (κ2) is 6.17. The Balaban J connectivity index is 1.73. The normalized spacial score (nSPS) is 17.8. The highest BCUT2D eigenvalue weighted by molar-refractivity contribution is 7.99. The Morgan fingerprint density at radius 2 is 2.10 bits per heavy atom. The fourth-order valence-corrected chi connectivity index (χ4v) is 3.88. The van der Waals surface area contributed by atoms with Crippen molar-refractivity contribution in [2.24, 2.45) is 0 Å². The summed E-state index contributed by atoms with van der Waals surface area (Å²) in [5.41, 5.74) is 2.22. The number of benzene rings is 2. The van der Waals surface area contributed by atoms with Gasteiger partial charge in [-0.15, -0.1) is 11.8 Å². The fraction of sp³-hybridized carbons (Fsp3) is 0.250. The minimum Gasteiger partial charge on any atom is -0.306 e. The highest BCUT2D eigenvalue weighted by atomic mass is 35.5. The predicted octanol–water partition coefficient (Wildman–Crippen LogP) is 4.81. The van der Waals surface area contributed by atoms with Gasteiger partial charge < -0.3 is 5.32 Å². The van der Waals surface area contributed by atoms with Gasteiger partial charge in [-0.05, 0) is 47.6 Å². The van der Waals surface area contributed by atoms with Crippen LogP contribution in [0.15, 0.2) is 47.4 Å². The second-order valence-electron chi connectivity index (χ2n) is 4.89. The van der Waals surface area contributed by atoms with Crippen LogP contribution in [-0.2, 0) is 6.54 Å². The third-order valence-electron chi connectivity index (χ3n) is 3.43. The average Bonchev–Trinajstić information content (AvgIpc) is 2.44. The first-order valence-electron chi connectivity index (χ1n) is 6.62. The summed E-state index contributed by atoms with van der Waals surface area (Å²) < 4.78 is 13.3. The van der Waals surface area contributed by atoms with E-state index >= 15 is 0 Å². The molecule has 1 aliphatic heterocycles. The molecule has 0 aliphatic carbocycles. The van der Waals surface area contributed by atoms with Crippen molar-refractivity contribution >= 4 is 23.4 Å². The summed E-state index contributed by atoms with van der Waals surface area (Å²) in [6, 6.07) is 13.5. The molecule has 0 saturated heterocycles. The molecule has 2 aromatic rings. The Morgan fingerprint density at radius 1 is 1.25 bits per heavy atom. The smallest absolute Gasteiger partial charge is 0.125 e. The Hall–Kier alpha value is -1.03. The van der Waals surface area contributed by atoms with Crippen molar-refractivity contribution in [3.8, 4) is 0 Å². The molecule has 1 aliphatic rings. The number of thioether (sulfide) groups is 1. The molecule has 1 N–H and O–H groups in total. The van der Waals surface area contributed by atoms with Gasteiger partial charge in [-0.3, -0.25) is 0 Å². The summed E-state index contributed by atoms with van der Waals surface area (Å²) in [5.74, 6) is 0.826. The molecule has 1 atom stereocenters. The molecule has 3 rings (SSSR count). The van der Waals surface area contributed by atoms with Gasteiger partial charge in [0.15, 0.2) is 0 Å². The number of fused-ring (bicyclic) bond motifs is 1. The molecule has 1 heterocycles. The van der Waals surface area contributed by atoms with Gasteiger partial charge in [0.05, 0.1) is 0 Å². The van der Waals surface area contributed by atoms with Crippen LogP contribution < -0.4 is 5.32 Å². The van der Waals surface area contributed by atoms with E-state index < -0.39 is 0 Å². The topological polar surface area (TPSA) is 12.0 Å². The zero-order chi connectivity index (χ0) is 13.9. The third kappa shape index (κ3) is 3.17. The van der Waals surface area contributed by atoms with E-state index in [1.807, 2.05) is 11.8 Å². The van der Waals surface area contributed by atoms with Crippen LogP contribution in [0.3, 0.4) is 0 Å². The van der Waals surface area contributed by atoms with E-state index in [2.05, 4.69) is 29.6 Å². The van der Waals surface area contributed by atoms with Gasteiger partial charge in [0.25, 0.3) is 0 Å². The van der Waals surface area contributed by atoms with E-state index in [1.54, 1.807) is 6.07 Å². The lowest BCUT2D eigenvalue weighted by Gasteiger charge is -2.26. The van der Waals surface area contributed by atoms with Crippen LogP contribution in [0.25, 0.3) is 0 Å². The Morgan fingerprint density at radius 3 is 2.95 bits per heavy atom. The lowest BCUT2D eigenvalue weighted by molar-refractivity contribution is 0.508. The van der Waals surface area contributed by atoms with Gasteiger partial charge in [0.1, 0.15) is 5.82 Å². The van der Waals surface area contributed by atoms with E-state index in [0.29, 0.717) is 17.6 Å². The van der Waals surface area contributed by atoms with Crippen LogP contribution in [0.5, 0.6) is 0 Å². The van der Waals surface area contributed by atoms with Crippen molar-refractivity contribution < 1.29 is 4.39 Å². The van der Waals surface area contributed by atoms with E-state index in [4.69, 9.17) is 11.6 Å². The molecule has 1 unspecified atom stereocenters. The quantitative estimate of drug-likeness (QED) is 0.873. The van der Waals surface area contributed by atoms with Gasteiger partial charge in [-0.2, -0.15) is 0 Å². The zero-order valence-corrected chi connectivity index (χ0v) is 12.5. The van der Waals surface area contributed by atoms with Gasteiger partial charge in [0.2, 0.25) is 0 Å².